The molecule has 0 bridgehead atoms. The van der Waals surface area contributed by atoms with Crippen molar-refractivity contribution in [2.75, 3.05) is 13.7 Å². The molecule has 0 fully saturated rings. The molecule has 0 atom stereocenters. The highest BCUT2D eigenvalue weighted by Crippen LogP contribution is 2.28. The molecule has 0 unspecified atom stereocenters. The van der Waals surface area contributed by atoms with Crippen LogP contribution in [0.4, 0.5) is 0 Å². The van der Waals surface area contributed by atoms with Crippen molar-refractivity contribution in [3.8, 4) is 11.5 Å². The quantitative estimate of drug-likeness (QED) is 0.453. The van der Waals surface area contributed by atoms with E-state index in [2.05, 4.69) is 17.4 Å². The van der Waals surface area contributed by atoms with Crippen LogP contribution in [0.3, 0.4) is 0 Å². The van der Waals surface area contributed by atoms with Gasteiger partial charge in [0.25, 0.3) is 11.8 Å². The third-order valence-corrected chi connectivity index (χ3v) is 3.88. The summed E-state index contributed by atoms with van der Waals surface area (Å²) in [5, 5.41) is 1.78. The molecule has 0 aliphatic heterocycles. The van der Waals surface area contributed by atoms with Crippen LogP contribution in [-0.4, -0.2) is 25.5 Å². The predicted octanol–water partition coefficient (Wildman–Crippen LogP) is 2.80. The average molecular weight is 358 g/mol. The van der Waals surface area contributed by atoms with E-state index in [1.54, 1.807) is 47.9 Å². The number of hydrogen-bond acceptors (Lipinski definition) is 5. The van der Waals surface area contributed by atoms with Gasteiger partial charge in [-0.25, -0.2) is 0 Å². The van der Waals surface area contributed by atoms with E-state index in [-0.39, 0.29) is 5.91 Å². The number of nitrogens with one attached hydrogen (secondary N) is 2. The fraction of sp³-hybridized carbons (Fsp3) is 0.111. The number of amides is 2. The molecule has 2 aromatic rings. The first-order chi connectivity index (χ1) is 12.1. The molecular weight excluding hydrogens is 340 g/mol. The summed E-state index contributed by atoms with van der Waals surface area (Å²) >= 11 is 1.29. The number of thiophene rings is 1. The summed E-state index contributed by atoms with van der Waals surface area (Å²) in [5.41, 5.74) is 5.42. The van der Waals surface area contributed by atoms with Crippen molar-refractivity contribution < 1.29 is 19.1 Å². The van der Waals surface area contributed by atoms with Crippen LogP contribution in [-0.2, 0) is 4.79 Å². The summed E-state index contributed by atoms with van der Waals surface area (Å²) in [6.07, 6.45) is 4.56. The van der Waals surface area contributed by atoms with Gasteiger partial charge in [-0.2, -0.15) is 0 Å². The maximum atomic E-state index is 11.8. The molecule has 1 aromatic heterocycles. The monoisotopic (exact) mass is 358 g/mol. The molecule has 1 aromatic carbocycles. The number of hydrazine groups is 1. The Labute approximate surface area is 149 Å². The van der Waals surface area contributed by atoms with E-state index in [9.17, 15) is 9.59 Å². The maximum absolute atomic E-state index is 11.8. The first kappa shape index (κ1) is 18.3. The summed E-state index contributed by atoms with van der Waals surface area (Å²) < 4.78 is 10.7. The molecule has 0 aliphatic carbocycles. The highest BCUT2D eigenvalue weighted by Gasteiger charge is 2.07. The number of carbonyl (C=O) groups excluding carboxylic acids is 2. The van der Waals surface area contributed by atoms with Crippen LogP contribution in [0.25, 0.3) is 6.08 Å². The van der Waals surface area contributed by atoms with E-state index in [1.165, 1.54) is 24.5 Å². The van der Waals surface area contributed by atoms with Gasteiger partial charge in [0.2, 0.25) is 0 Å². The van der Waals surface area contributed by atoms with E-state index in [0.29, 0.717) is 23.0 Å². The van der Waals surface area contributed by atoms with Gasteiger partial charge < -0.3 is 9.47 Å². The lowest BCUT2D eigenvalue weighted by molar-refractivity contribution is -0.117. The van der Waals surface area contributed by atoms with Crippen LogP contribution in [0.2, 0.25) is 0 Å². The van der Waals surface area contributed by atoms with Crippen molar-refractivity contribution in [3.63, 3.8) is 0 Å². The molecule has 25 heavy (non-hydrogen) atoms. The Kier molecular flexibility index (Phi) is 6.79. The van der Waals surface area contributed by atoms with Gasteiger partial charge in [0, 0.05) is 6.08 Å². The molecule has 2 N–H and O–H groups in total. The Bertz CT molecular complexity index is 769. The molecule has 130 valence electrons. The van der Waals surface area contributed by atoms with Crippen molar-refractivity contribution in [2.24, 2.45) is 0 Å². The molecule has 0 aliphatic rings. The van der Waals surface area contributed by atoms with Gasteiger partial charge in [0.05, 0.1) is 12.0 Å². The number of methoxy groups -OCH3 is 1. The number of ether oxygens (including phenoxy) is 2. The highest BCUT2D eigenvalue weighted by atomic mass is 32.1. The molecule has 7 heteroatoms. The van der Waals surface area contributed by atoms with Crippen molar-refractivity contribution in [1.82, 2.24) is 10.9 Å². The average Bonchev–Trinajstić information content (AvgIpc) is 3.17. The lowest BCUT2D eigenvalue weighted by Crippen LogP contribution is -2.40. The predicted molar refractivity (Wildman–Crippen MR) is 97.6 cm³/mol. The minimum atomic E-state index is -0.448. The lowest BCUT2D eigenvalue weighted by atomic mass is 10.2. The second-order valence-corrected chi connectivity index (χ2v) is 5.71. The van der Waals surface area contributed by atoms with E-state index in [1.807, 2.05) is 0 Å². The van der Waals surface area contributed by atoms with Gasteiger partial charge in [-0.1, -0.05) is 24.8 Å². The summed E-state index contributed by atoms with van der Waals surface area (Å²) in [4.78, 5) is 24.0. The zero-order valence-electron chi connectivity index (χ0n) is 13.7. The van der Waals surface area contributed by atoms with Crippen molar-refractivity contribution in [3.05, 3.63) is 64.9 Å². The van der Waals surface area contributed by atoms with Crippen LogP contribution in [0.15, 0.2) is 54.4 Å². The second-order valence-electron chi connectivity index (χ2n) is 4.76. The Hall–Kier alpha value is -3.06. The minimum Gasteiger partial charge on any atom is -0.493 e. The molecule has 6 nitrogen and oxygen atoms in total. The first-order valence-electron chi connectivity index (χ1n) is 7.37. The third-order valence-electron chi connectivity index (χ3n) is 3.02. The molecule has 0 spiro atoms. The van der Waals surface area contributed by atoms with Gasteiger partial charge in [-0.05, 0) is 35.2 Å². The van der Waals surface area contributed by atoms with Gasteiger partial charge >= 0.3 is 0 Å². The summed E-state index contributed by atoms with van der Waals surface area (Å²) in [5.74, 6) is 0.334. The zero-order valence-corrected chi connectivity index (χ0v) is 14.5. The van der Waals surface area contributed by atoms with E-state index >= 15 is 0 Å². The molecule has 2 amide bonds. The summed E-state index contributed by atoms with van der Waals surface area (Å²) in [7, 11) is 1.54. The molecule has 0 saturated heterocycles. The largest absolute Gasteiger partial charge is 0.493 e. The van der Waals surface area contributed by atoms with Crippen molar-refractivity contribution in [2.45, 2.75) is 0 Å². The number of hydrogen-bond donors (Lipinski definition) is 2. The topological polar surface area (TPSA) is 76.7 Å². The summed E-state index contributed by atoms with van der Waals surface area (Å²) in [6, 6.07) is 8.71. The standard InChI is InChI=1S/C18H18N2O4S/c1-3-10-24-14-8-6-13(12-15(14)23-2)7-9-17(21)19-20-18(22)16-5-4-11-25-16/h3-9,11-12H,1,10H2,2H3,(H,19,21)(H,20,22)/b9-7+. The lowest BCUT2D eigenvalue weighted by Gasteiger charge is -2.09. The van der Waals surface area contributed by atoms with Crippen molar-refractivity contribution in [1.29, 1.82) is 0 Å². The van der Waals surface area contributed by atoms with Crippen LogP contribution < -0.4 is 20.3 Å². The normalized spacial score (nSPS) is 10.3. The Balaban J connectivity index is 1.92. The van der Waals surface area contributed by atoms with Gasteiger partial charge in [0.15, 0.2) is 11.5 Å². The van der Waals surface area contributed by atoms with E-state index < -0.39 is 5.91 Å². The van der Waals surface area contributed by atoms with Crippen molar-refractivity contribution >= 4 is 29.2 Å². The van der Waals surface area contributed by atoms with E-state index in [4.69, 9.17) is 9.47 Å². The Morgan fingerprint density at radius 3 is 2.76 bits per heavy atom. The van der Waals surface area contributed by atoms with Crippen LogP contribution >= 0.6 is 11.3 Å². The first-order valence-corrected chi connectivity index (χ1v) is 8.25. The fourth-order valence-electron chi connectivity index (χ4n) is 1.86. The fourth-order valence-corrected chi connectivity index (χ4v) is 2.48. The number of carbonyl (C=O) groups is 2. The second kappa shape index (κ2) is 9.29. The van der Waals surface area contributed by atoms with E-state index in [0.717, 1.165) is 5.56 Å². The molecule has 2 rings (SSSR count). The van der Waals surface area contributed by atoms with Crippen LogP contribution in [0.5, 0.6) is 11.5 Å². The summed E-state index contributed by atoms with van der Waals surface area (Å²) in [6.45, 7) is 3.97. The minimum absolute atomic E-state index is 0.359. The van der Waals surface area contributed by atoms with Gasteiger partial charge in [-0.3, -0.25) is 20.4 Å². The zero-order chi connectivity index (χ0) is 18.1. The van der Waals surface area contributed by atoms with Gasteiger partial charge in [0.1, 0.15) is 6.61 Å². The number of rotatable bonds is 7. The molecule has 1 heterocycles. The van der Waals surface area contributed by atoms with Crippen LogP contribution in [0, 0.1) is 0 Å². The highest BCUT2D eigenvalue weighted by molar-refractivity contribution is 7.12. The molecular formula is C18H18N2O4S. The molecule has 0 saturated carbocycles. The molecule has 0 radical (unpaired) electrons. The maximum Gasteiger partial charge on any atom is 0.279 e. The Morgan fingerprint density at radius 1 is 1.24 bits per heavy atom. The van der Waals surface area contributed by atoms with Gasteiger partial charge in [-0.15, -0.1) is 11.3 Å². The Morgan fingerprint density at radius 2 is 2.08 bits per heavy atom. The SMILES string of the molecule is C=CCOc1ccc(/C=C/C(=O)NNC(=O)c2cccs2)cc1OC. The third kappa shape index (κ3) is 5.50. The van der Waals surface area contributed by atoms with Crippen LogP contribution in [0.1, 0.15) is 15.2 Å². The smallest absolute Gasteiger partial charge is 0.279 e. The number of benzene rings is 1.